The average molecular weight is 194 g/mol. The van der Waals surface area contributed by atoms with E-state index in [4.69, 9.17) is 10.5 Å². The van der Waals surface area contributed by atoms with Crippen LogP contribution in [-0.2, 0) is 4.79 Å². The van der Waals surface area contributed by atoms with Crippen LogP contribution in [0.4, 0.5) is 11.5 Å². The number of aromatic nitrogens is 2. The number of hydrogen-bond acceptors (Lipinski definition) is 5. The smallest absolute Gasteiger partial charge is 0.268 e. The molecule has 0 saturated carbocycles. The Morgan fingerprint density at radius 1 is 1.50 bits per heavy atom. The lowest BCUT2D eigenvalue weighted by molar-refractivity contribution is -0.129. The summed E-state index contributed by atoms with van der Waals surface area (Å²) in [6.07, 6.45) is 1.29. The number of amides is 1. The third-order valence-corrected chi connectivity index (χ3v) is 1.98. The van der Waals surface area contributed by atoms with Crippen molar-refractivity contribution in [3.05, 3.63) is 6.33 Å². The molecule has 1 aromatic rings. The fourth-order valence-corrected chi connectivity index (χ4v) is 1.13. The van der Waals surface area contributed by atoms with Crippen molar-refractivity contribution >= 4 is 17.4 Å². The van der Waals surface area contributed by atoms with Crippen LogP contribution in [0.25, 0.3) is 0 Å². The van der Waals surface area contributed by atoms with Gasteiger partial charge in [0.05, 0.1) is 0 Å². The van der Waals surface area contributed by atoms with Gasteiger partial charge in [-0.3, -0.25) is 4.79 Å². The third kappa shape index (κ3) is 1.15. The molecule has 0 atom stereocenters. The van der Waals surface area contributed by atoms with E-state index in [-0.39, 0.29) is 11.7 Å². The number of carbonyl (C=O) groups excluding carboxylic acids is 1. The highest BCUT2D eigenvalue weighted by Crippen LogP contribution is 2.33. The Labute approximate surface area is 80.5 Å². The fraction of sp³-hybridized carbons (Fsp3) is 0.375. The maximum atomic E-state index is 11.5. The highest BCUT2D eigenvalue weighted by molar-refractivity contribution is 6.01. The lowest BCUT2D eigenvalue weighted by Gasteiger charge is -2.30. The standard InChI is InChI=1S/C8H10N4O2/c1-8(2)7(13)12-4-5(9)10-3-11-6(4)14-8/h3H,1-2H3,(H,12,13)(H2,9,10,11). The van der Waals surface area contributed by atoms with Gasteiger partial charge in [0.25, 0.3) is 5.91 Å². The molecule has 1 amide bonds. The summed E-state index contributed by atoms with van der Waals surface area (Å²) in [7, 11) is 0. The van der Waals surface area contributed by atoms with Gasteiger partial charge in [-0.1, -0.05) is 0 Å². The average Bonchev–Trinajstić information content (AvgIpc) is 2.08. The van der Waals surface area contributed by atoms with Crippen LogP contribution < -0.4 is 15.8 Å². The van der Waals surface area contributed by atoms with Gasteiger partial charge >= 0.3 is 0 Å². The van der Waals surface area contributed by atoms with E-state index in [0.29, 0.717) is 11.6 Å². The zero-order valence-electron chi connectivity index (χ0n) is 7.87. The Balaban J connectivity index is 2.51. The molecule has 0 bridgehead atoms. The molecule has 0 unspecified atom stereocenters. The summed E-state index contributed by atoms with van der Waals surface area (Å²) in [6, 6.07) is 0. The molecule has 1 aliphatic rings. The third-order valence-electron chi connectivity index (χ3n) is 1.98. The van der Waals surface area contributed by atoms with Crippen molar-refractivity contribution in [1.82, 2.24) is 9.97 Å². The van der Waals surface area contributed by atoms with Gasteiger partial charge in [-0.25, -0.2) is 4.98 Å². The molecule has 6 nitrogen and oxygen atoms in total. The summed E-state index contributed by atoms with van der Waals surface area (Å²) in [5, 5.41) is 2.60. The molecule has 14 heavy (non-hydrogen) atoms. The van der Waals surface area contributed by atoms with Crippen molar-refractivity contribution in [1.29, 1.82) is 0 Å². The van der Waals surface area contributed by atoms with Gasteiger partial charge in [0.1, 0.15) is 12.0 Å². The van der Waals surface area contributed by atoms with Crippen molar-refractivity contribution in [3.8, 4) is 5.88 Å². The van der Waals surface area contributed by atoms with Gasteiger partial charge in [-0.05, 0) is 13.8 Å². The van der Waals surface area contributed by atoms with Crippen LogP contribution >= 0.6 is 0 Å². The van der Waals surface area contributed by atoms with E-state index in [9.17, 15) is 4.79 Å². The Kier molecular flexibility index (Phi) is 1.60. The molecule has 1 aromatic heterocycles. The molecule has 0 radical (unpaired) electrons. The van der Waals surface area contributed by atoms with Crippen LogP contribution in [0.2, 0.25) is 0 Å². The number of carbonyl (C=O) groups is 1. The predicted octanol–water partition coefficient (Wildman–Crippen LogP) is 0.168. The highest BCUT2D eigenvalue weighted by atomic mass is 16.5. The van der Waals surface area contributed by atoms with Crippen LogP contribution in [0, 0.1) is 0 Å². The minimum atomic E-state index is -0.923. The molecule has 2 rings (SSSR count). The lowest BCUT2D eigenvalue weighted by atomic mass is 10.1. The van der Waals surface area contributed by atoms with Crippen molar-refractivity contribution in [2.45, 2.75) is 19.4 Å². The van der Waals surface area contributed by atoms with E-state index in [1.807, 2.05) is 0 Å². The summed E-state index contributed by atoms with van der Waals surface area (Å²) in [6.45, 7) is 3.31. The van der Waals surface area contributed by atoms with Gasteiger partial charge in [-0.2, -0.15) is 4.98 Å². The Morgan fingerprint density at radius 2 is 2.21 bits per heavy atom. The van der Waals surface area contributed by atoms with Crippen molar-refractivity contribution in [2.24, 2.45) is 0 Å². The molecule has 74 valence electrons. The highest BCUT2D eigenvalue weighted by Gasteiger charge is 2.37. The predicted molar refractivity (Wildman–Crippen MR) is 49.8 cm³/mol. The van der Waals surface area contributed by atoms with Gasteiger partial charge in [0.2, 0.25) is 5.88 Å². The number of nitrogen functional groups attached to an aromatic ring is 1. The zero-order chi connectivity index (χ0) is 10.3. The SMILES string of the molecule is CC1(C)Oc2ncnc(N)c2NC1=O. The van der Waals surface area contributed by atoms with E-state index in [1.165, 1.54) is 6.33 Å². The van der Waals surface area contributed by atoms with Crippen molar-refractivity contribution in [2.75, 3.05) is 11.1 Å². The Bertz CT molecular complexity index is 402. The van der Waals surface area contributed by atoms with Crippen molar-refractivity contribution < 1.29 is 9.53 Å². The van der Waals surface area contributed by atoms with Crippen LogP contribution in [0.3, 0.4) is 0 Å². The number of nitrogens with zero attached hydrogens (tertiary/aromatic N) is 2. The topological polar surface area (TPSA) is 90.1 Å². The van der Waals surface area contributed by atoms with Crippen LogP contribution in [-0.4, -0.2) is 21.5 Å². The Morgan fingerprint density at radius 3 is 2.93 bits per heavy atom. The number of nitrogens with two attached hydrogens (primary N) is 1. The van der Waals surface area contributed by atoms with Gasteiger partial charge in [-0.15, -0.1) is 0 Å². The Hall–Kier alpha value is -1.85. The fourth-order valence-electron chi connectivity index (χ4n) is 1.13. The van der Waals surface area contributed by atoms with E-state index in [2.05, 4.69) is 15.3 Å². The first-order valence-electron chi connectivity index (χ1n) is 4.11. The van der Waals surface area contributed by atoms with Crippen LogP contribution in [0.1, 0.15) is 13.8 Å². The number of nitrogens with one attached hydrogen (secondary N) is 1. The second-order valence-corrected chi connectivity index (χ2v) is 3.51. The summed E-state index contributed by atoms with van der Waals surface area (Å²) >= 11 is 0. The molecule has 0 fully saturated rings. The second kappa shape index (κ2) is 2.57. The minimum Gasteiger partial charge on any atom is -0.460 e. The normalized spacial score (nSPS) is 18.0. The molecule has 6 heteroatoms. The maximum absolute atomic E-state index is 11.5. The van der Waals surface area contributed by atoms with Gasteiger partial charge < -0.3 is 15.8 Å². The number of hydrogen-bond donors (Lipinski definition) is 2. The molecule has 0 aliphatic carbocycles. The first-order chi connectivity index (χ1) is 6.50. The first-order valence-corrected chi connectivity index (χ1v) is 4.11. The summed E-state index contributed by atoms with van der Waals surface area (Å²) in [5.41, 5.74) is 4.97. The number of rotatable bonds is 0. The quantitative estimate of drug-likeness (QED) is 0.614. The monoisotopic (exact) mass is 194 g/mol. The zero-order valence-corrected chi connectivity index (χ0v) is 7.87. The van der Waals surface area contributed by atoms with Crippen LogP contribution in [0.5, 0.6) is 5.88 Å². The molecular weight excluding hydrogens is 184 g/mol. The van der Waals surface area contributed by atoms with Crippen LogP contribution in [0.15, 0.2) is 6.33 Å². The number of anilines is 2. The molecule has 2 heterocycles. The van der Waals surface area contributed by atoms with Crippen molar-refractivity contribution in [3.63, 3.8) is 0 Å². The summed E-state index contributed by atoms with van der Waals surface area (Å²) in [4.78, 5) is 19.1. The van der Waals surface area contributed by atoms with Gasteiger partial charge in [0, 0.05) is 0 Å². The van der Waals surface area contributed by atoms with E-state index < -0.39 is 5.60 Å². The molecule has 0 aromatic carbocycles. The number of fused-ring (bicyclic) bond motifs is 1. The number of ether oxygens (including phenoxy) is 1. The summed E-state index contributed by atoms with van der Waals surface area (Å²) < 4.78 is 5.37. The summed E-state index contributed by atoms with van der Waals surface area (Å²) in [5.74, 6) is 0.257. The molecular formula is C8H10N4O2. The first kappa shape index (κ1) is 8.74. The maximum Gasteiger partial charge on any atom is 0.268 e. The van der Waals surface area contributed by atoms with Gasteiger partial charge in [0.15, 0.2) is 11.4 Å². The lowest BCUT2D eigenvalue weighted by Crippen LogP contribution is -2.46. The molecule has 0 saturated heterocycles. The largest absolute Gasteiger partial charge is 0.460 e. The second-order valence-electron chi connectivity index (χ2n) is 3.51. The minimum absolute atomic E-state index is 0.207. The molecule has 0 spiro atoms. The van der Waals surface area contributed by atoms with E-state index >= 15 is 0 Å². The molecule has 3 N–H and O–H groups in total. The van der Waals surface area contributed by atoms with E-state index in [1.54, 1.807) is 13.8 Å². The van der Waals surface area contributed by atoms with E-state index in [0.717, 1.165) is 0 Å². The molecule has 1 aliphatic heterocycles.